The fraction of sp³-hybridized carbons (Fsp3) is 0.846. The van der Waals surface area contributed by atoms with E-state index in [0.29, 0.717) is 0 Å². The van der Waals surface area contributed by atoms with E-state index in [1.165, 1.54) is 0 Å². The van der Waals surface area contributed by atoms with Gasteiger partial charge in [-0.2, -0.15) is 0 Å². The first-order chi connectivity index (χ1) is 8.65. The summed E-state index contributed by atoms with van der Waals surface area (Å²) < 4.78 is 5.33. The van der Waals surface area contributed by atoms with Gasteiger partial charge in [-0.15, -0.1) is 0 Å². The van der Waals surface area contributed by atoms with Crippen LogP contribution in [-0.2, 0) is 14.3 Å². The predicted molar refractivity (Wildman–Crippen MR) is 67.0 cm³/mol. The lowest BCUT2D eigenvalue weighted by molar-refractivity contribution is -0.146. The standard InChI is InChI=1S/C13H22N2O3/c1-3-4-11-13(17)15(8-12(16)14-11)9-5-6-10(7-9)18-2/h9-11H,3-8H2,1-2H3,(H,14,16). The number of carbonyl (C=O) groups is 2. The highest BCUT2D eigenvalue weighted by molar-refractivity contribution is 5.95. The molecule has 3 unspecified atom stereocenters. The molecule has 1 saturated heterocycles. The Morgan fingerprint density at radius 3 is 2.78 bits per heavy atom. The molecule has 0 spiro atoms. The van der Waals surface area contributed by atoms with E-state index in [-0.39, 0.29) is 36.5 Å². The predicted octanol–water partition coefficient (Wildman–Crippen LogP) is 0.681. The van der Waals surface area contributed by atoms with E-state index in [1.54, 1.807) is 12.0 Å². The van der Waals surface area contributed by atoms with E-state index in [1.807, 2.05) is 6.92 Å². The van der Waals surface area contributed by atoms with Gasteiger partial charge in [0, 0.05) is 13.2 Å². The van der Waals surface area contributed by atoms with Crippen molar-refractivity contribution in [1.82, 2.24) is 10.2 Å². The number of hydrogen-bond acceptors (Lipinski definition) is 3. The molecule has 0 bridgehead atoms. The quantitative estimate of drug-likeness (QED) is 0.802. The zero-order chi connectivity index (χ0) is 13.1. The number of piperazine rings is 1. The molecule has 2 aliphatic rings. The van der Waals surface area contributed by atoms with Crippen LogP contribution in [0.5, 0.6) is 0 Å². The van der Waals surface area contributed by atoms with Crippen molar-refractivity contribution in [3.63, 3.8) is 0 Å². The summed E-state index contributed by atoms with van der Waals surface area (Å²) in [6.07, 6.45) is 4.63. The molecular formula is C13H22N2O3. The van der Waals surface area contributed by atoms with Gasteiger partial charge in [-0.3, -0.25) is 9.59 Å². The van der Waals surface area contributed by atoms with Crippen LogP contribution in [-0.4, -0.2) is 48.6 Å². The Bertz CT molecular complexity index is 332. The van der Waals surface area contributed by atoms with Crippen molar-refractivity contribution in [2.24, 2.45) is 0 Å². The Kier molecular flexibility index (Phi) is 4.22. The van der Waals surface area contributed by atoms with Crippen molar-refractivity contribution in [2.75, 3.05) is 13.7 Å². The molecule has 1 heterocycles. The van der Waals surface area contributed by atoms with Gasteiger partial charge in [0.1, 0.15) is 6.04 Å². The van der Waals surface area contributed by atoms with Gasteiger partial charge in [0.05, 0.1) is 12.6 Å². The maximum absolute atomic E-state index is 12.3. The van der Waals surface area contributed by atoms with Crippen molar-refractivity contribution >= 4 is 11.8 Å². The molecule has 18 heavy (non-hydrogen) atoms. The Labute approximate surface area is 108 Å². The second kappa shape index (κ2) is 5.69. The highest BCUT2D eigenvalue weighted by Crippen LogP contribution is 2.27. The third-order valence-electron chi connectivity index (χ3n) is 3.94. The van der Waals surface area contributed by atoms with Crippen molar-refractivity contribution in [1.29, 1.82) is 0 Å². The lowest BCUT2D eigenvalue weighted by Crippen LogP contribution is -2.60. The zero-order valence-electron chi connectivity index (χ0n) is 11.1. The number of ether oxygens (including phenoxy) is 1. The van der Waals surface area contributed by atoms with Crippen LogP contribution in [0, 0.1) is 0 Å². The molecule has 1 saturated carbocycles. The Hall–Kier alpha value is -1.10. The monoisotopic (exact) mass is 254 g/mol. The molecule has 0 aromatic rings. The van der Waals surface area contributed by atoms with Crippen LogP contribution < -0.4 is 5.32 Å². The Morgan fingerprint density at radius 1 is 1.39 bits per heavy atom. The molecule has 3 atom stereocenters. The summed E-state index contributed by atoms with van der Waals surface area (Å²) in [6.45, 7) is 2.23. The number of nitrogens with zero attached hydrogens (tertiary/aromatic N) is 1. The van der Waals surface area contributed by atoms with Crippen LogP contribution in [0.15, 0.2) is 0 Å². The largest absolute Gasteiger partial charge is 0.381 e. The molecule has 1 aliphatic carbocycles. The average Bonchev–Trinajstić information content (AvgIpc) is 2.82. The smallest absolute Gasteiger partial charge is 0.245 e. The number of nitrogens with one attached hydrogen (secondary N) is 1. The maximum Gasteiger partial charge on any atom is 0.245 e. The lowest BCUT2D eigenvalue weighted by atomic mass is 10.1. The van der Waals surface area contributed by atoms with Crippen molar-refractivity contribution in [3.05, 3.63) is 0 Å². The van der Waals surface area contributed by atoms with Gasteiger partial charge in [-0.1, -0.05) is 13.3 Å². The summed E-state index contributed by atoms with van der Waals surface area (Å²) in [5, 5.41) is 2.78. The van der Waals surface area contributed by atoms with E-state index in [2.05, 4.69) is 5.32 Å². The number of methoxy groups -OCH3 is 1. The maximum atomic E-state index is 12.3. The molecule has 2 rings (SSSR count). The van der Waals surface area contributed by atoms with Gasteiger partial charge < -0.3 is 15.0 Å². The Balaban J connectivity index is 2.02. The van der Waals surface area contributed by atoms with Crippen LogP contribution in [0.4, 0.5) is 0 Å². The van der Waals surface area contributed by atoms with Gasteiger partial charge >= 0.3 is 0 Å². The lowest BCUT2D eigenvalue weighted by Gasteiger charge is -2.36. The zero-order valence-corrected chi connectivity index (χ0v) is 11.1. The third kappa shape index (κ3) is 2.66. The molecule has 0 aromatic heterocycles. The van der Waals surface area contributed by atoms with Crippen molar-refractivity contribution in [2.45, 2.75) is 57.2 Å². The van der Waals surface area contributed by atoms with Crippen molar-refractivity contribution in [3.8, 4) is 0 Å². The molecule has 102 valence electrons. The van der Waals surface area contributed by atoms with E-state index in [0.717, 1.165) is 32.1 Å². The molecule has 5 heteroatoms. The summed E-state index contributed by atoms with van der Waals surface area (Å²) in [6, 6.07) is -0.147. The van der Waals surface area contributed by atoms with Crippen LogP contribution >= 0.6 is 0 Å². The summed E-state index contributed by atoms with van der Waals surface area (Å²) >= 11 is 0. The topological polar surface area (TPSA) is 58.6 Å². The Morgan fingerprint density at radius 2 is 2.17 bits per heavy atom. The molecule has 2 fully saturated rings. The van der Waals surface area contributed by atoms with E-state index >= 15 is 0 Å². The van der Waals surface area contributed by atoms with Gasteiger partial charge in [0.15, 0.2) is 0 Å². The first kappa shape index (κ1) is 13.3. The molecular weight excluding hydrogens is 232 g/mol. The second-order valence-electron chi connectivity index (χ2n) is 5.20. The van der Waals surface area contributed by atoms with Gasteiger partial charge in [-0.25, -0.2) is 0 Å². The molecule has 0 aromatic carbocycles. The molecule has 1 aliphatic heterocycles. The molecule has 0 radical (unpaired) electrons. The van der Waals surface area contributed by atoms with Gasteiger partial charge in [0.25, 0.3) is 0 Å². The van der Waals surface area contributed by atoms with E-state index in [4.69, 9.17) is 4.74 Å². The van der Waals surface area contributed by atoms with Gasteiger partial charge in [-0.05, 0) is 25.7 Å². The highest BCUT2D eigenvalue weighted by atomic mass is 16.5. The number of carbonyl (C=O) groups excluding carboxylic acids is 2. The van der Waals surface area contributed by atoms with Crippen LogP contribution in [0.1, 0.15) is 39.0 Å². The summed E-state index contributed by atoms with van der Waals surface area (Å²) in [5.41, 5.74) is 0. The van der Waals surface area contributed by atoms with Crippen LogP contribution in [0.25, 0.3) is 0 Å². The molecule has 5 nitrogen and oxygen atoms in total. The summed E-state index contributed by atoms with van der Waals surface area (Å²) in [5.74, 6) is 0.0483. The van der Waals surface area contributed by atoms with Gasteiger partial charge in [0.2, 0.25) is 11.8 Å². The summed E-state index contributed by atoms with van der Waals surface area (Å²) in [4.78, 5) is 25.8. The minimum atomic E-state index is -0.321. The number of hydrogen-bond donors (Lipinski definition) is 1. The van der Waals surface area contributed by atoms with Crippen molar-refractivity contribution < 1.29 is 14.3 Å². The normalized spacial score (nSPS) is 32.8. The minimum absolute atomic E-state index is 0.0334. The molecule has 2 amide bonds. The molecule has 1 N–H and O–H groups in total. The fourth-order valence-electron chi connectivity index (χ4n) is 2.94. The average molecular weight is 254 g/mol. The third-order valence-corrected chi connectivity index (χ3v) is 3.94. The minimum Gasteiger partial charge on any atom is -0.381 e. The summed E-state index contributed by atoms with van der Waals surface area (Å²) in [7, 11) is 1.71. The fourth-order valence-corrected chi connectivity index (χ4v) is 2.94. The van der Waals surface area contributed by atoms with E-state index in [9.17, 15) is 9.59 Å². The second-order valence-corrected chi connectivity index (χ2v) is 5.20. The number of rotatable bonds is 4. The van der Waals surface area contributed by atoms with Crippen LogP contribution in [0.2, 0.25) is 0 Å². The number of amides is 2. The van der Waals surface area contributed by atoms with Crippen LogP contribution in [0.3, 0.4) is 0 Å². The first-order valence-corrected chi connectivity index (χ1v) is 6.78. The SMILES string of the molecule is CCCC1NC(=O)CN(C2CCC(OC)C2)C1=O. The first-order valence-electron chi connectivity index (χ1n) is 6.78. The highest BCUT2D eigenvalue weighted by Gasteiger charge is 2.39. The van der Waals surface area contributed by atoms with E-state index < -0.39 is 0 Å².